The molecule has 0 spiro atoms. The van der Waals surface area contributed by atoms with Gasteiger partial charge < -0.3 is 0 Å². The van der Waals surface area contributed by atoms with Crippen LogP contribution in [-0.2, 0) is 12.1 Å². The SMILES string of the molecule is Cc1nn(CC(C#N)(NC(C)C)c2ccccc2)cc1Cl. The Balaban J connectivity index is 2.43. The van der Waals surface area contributed by atoms with Crippen LogP contribution in [0.5, 0.6) is 0 Å². The van der Waals surface area contributed by atoms with Crippen molar-refractivity contribution in [3.8, 4) is 6.07 Å². The molecule has 0 fully saturated rings. The second-order valence-corrected chi connectivity index (χ2v) is 5.85. The standard InChI is InChI=1S/C16H19ClN4/c1-12(2)19-16(10-18,14-7-5-4-6-8-14)11-21-9-15(17)13(3)20-21/h4-9,12,19H,11H2,1-3H3. The predicted molar refractivity (Wildman–Crippen MR) is 84.0 cm³/mol. The van der Waals surface area contributed by atoms with Gasteiger partial charge in [0.25, 0.3) is 0 Å². The van der Waals surface area contributed by atoms with Gasteiger partial charge in [-0.3, -0.25) is 10.00 Å². The molecule has 0 amide bonds. The number of hydrogen-bond acceptors (Lipinski definition) is 3. The molecule has 1 unspecified atom stereocenters. The molecule has 0 aliphatic rings. The highest BCUT2D eigenvalue weighted by atomic mass is 35.5. The molecule has 2 aromatic rings. The molecule has 1 aromatic heterocycles. The first-order valence-corrected chi connectivity index (χ1v) is 7.28. The second-order valence-electron chi connectivity index (χ2n) is 5.44. The van der Waals surface area contributed by atoms with Gasteiger partial charge in [-0.15, -0.1) is 0 Å². The third kappa shape index (κ3) is 3.44. The first-order chi connectivity index (χ1) is 9.97. The zero-order valence-corrected chi connectivity index (χ0v) is 13.2. The van der Waals surface area contributed by atoms with Gasteiger partial charge in [0.05, 0.1) is 23.3 Å². The topological polar surface area (TPSA) is 53.6 Å². The number of hydrogen-bond donors (Lipinski definition) is 1. The summed E-state index contributed by atoms with van der Waals surface area (Å²) < 4.78 is 1.73. The molecule has 1 atom stereocenters. The van der Waals surface area contributed by atoms with Crippen LogP contribution in [0, 0.1) is 18.3 Å². The van der Waals surface area contributed by atoms with Crippen molar-refractivity contribution in [2.45, 2.75) is 38.9 Å². The van der Waals surface area contributed by atoms with Gasteiger partial charge in [0.2, 0.25) is 0 Å². The Morgan fingerprint density at radius 2 is 2.05 bits per heavy atom. The van der Waals surface area contributed by atoms with E-state index in [-0.39, 0.29) is 6.04 Å². The molecule has 5 heteroatoms. The van der Waals surface area contributed by atoms with Crippen molar-refractivity contribution in [1.29, 1.82) is 5.26 Å². The van der Waals surface area contributed by atoms with E-state index in [1.165, 1.54) is 0 Å². The molecule has 0 bridgehead atoms. The van der Waals surface area contributed by atoms with E-state index >= 15 is 0 Å². The molecule has 21 heavy (non-hydrogen) atoms. The van der Waals surface area contributed by atoms with Gasteiger partial charge in [0, 0.05) is 12.2 Å². The van der Waals surface area contributed by atoms with E-state index in [0.717, 1.165) is 11.3 Å². The minimum atomic E-state index is -0.836. The normalized spacial score (nSPS) is 13.9. The van der Waals surface area contributed by atoms with Gasteiger partial charge in [-0.2, -0.15) is 10.4 Å². The van der Waals surface area contributed by atoms with Crippen molar-refractivity contribution in [3.63, 3.8) is 0 Å². The summed E-state index contributed by atoms with van der Waals surface area (Å²) in [6.45, 7) is 6.30. The number of aryl methyl sites for hydroxylation is 1. The Bertz CT molecular complexity index is 623. The predicted octanol–water partition coefficient (Wildman–Crippen LogP) is 3.26. The van der Waals surface area contributed by atoms with Crippen molar-refractivity contribution in [2.24, 2.45) is 0 Å². The quantitative estimate of drug-likeness (QED) is 0.922. The summed E-state index contributed by atoms with van der Waals surface area (Å²) in [5, 5.41) is 18.2. The van der Waals surface area contributed by atoms with Crippen LogP contribution in [0.15, 0.2) is 36.5 Å². The molecule has 2 rings (SSSR count). The van der Waals surface area contributed by atoms with Crippen LogP contribution in [0.2, 0.25) is 5.02 Å². The van der Waals surface area contributed by atoms with Crippen LogP contribution in [0.3, 0.4) is 0 Å². The summed E-state index contributed by atoms with van der Waals surface area (Å²) in [6.07, 6.45) is 1.76. The number of nitrogens with zero attached hydrogens (tertiary/aromatic N) is 3. The number of halogens is 1. The van der Waals surface area contributed by atoms with Gasteiger partial charge >= 0.3 is 0 Å². The van der Waals surface area contributed by atoms with Gasteiger partial charge in [0.1, 0.15) is 0 Å². The van der Waals surface area contributed by atoms with Crippen LogP contribution >= 0.6 is 11.6 Å². The summed E-state index contributed by atoms with van der Waals surface area (Å²) >= 11 is 6.07. The fourth-order valence-corrected chi connectivity index (χ4v) is 2.54. The molecule has 0 radical (unpaired) electrons. The molecule has 110 valence electrons. The van der Waals surface area contributed by atoms with Gasteiger partial charge in [-0.05, 0) is 26.3 Å². The van der Waals surface area contributed by atoms with Gasteiger partial charge in [-0.1, -0.05) is 41.9 Å². The number of nitriles is 1. The lowest BCUT2D eigenvalue weighted by molar-refractivity contribution is 0.325. The molecule has 0 aliphatic carbocycles. The van der Waals surface area contributed by atoms with E-state index in [1.807, 2.05) is 51.1 Å². The molecule has 0 saturated carbocycles. The molecule has 0 saturated heterocycles. The third-order valence-electron chi connectivity index (χ3n) is 3.28. The fourth-order valence-electron chi connectivity index (χ4n) is 2.39. The largest absolute Gasteiger partial charge is 0.292 e. The van der Waals surface area contributed by atoms with Gasteiger partial charge in [-0.25, -0.2) is 0 Å². The maximum atomic E-state index is 9.83. The third-order valence-corrected chi connectivity index (χ3v) is 3.65. The van der Waals surface area contributed by atoms with E-state index in [2.05, 4.69) is 16.5 Å². The van der Waals surface area contributed by atoms with E-state index in [9.17, 15) is 5.26 Å². The Morgan fingerprint density at radius 3 is 2.52 bits per heavy atom. The van der Waals surface area contributed by atoms with Crippen LogP contribution in [-0.4, -0.2) is 15.8 Å². The monoisotopic (exact) mass is 302 g/mol. The smallest absolute Gasteiger partial charge is 0.152 e. The first kappa shape index (κ1) is 15.6. The van der Waals surface area contributed by atoms with Crippen molar-refractivity contribution in [3.05, 3.63) is 52.8 Å². The maximum absolute atomic E-state index is 9.83. The fraction of sp³-hybridized carbons (Fsp3) is 0.375. The number of aromatic nitrogens is 2. The summed E-state index contributed by atoms with van der Waals surface area (Å²) in [5.74, 6) is 0. The van der Waals surface area contributed by atoms with Gasteiger partial charge in [0.15, 0.2) is 5.54 Å². The zero-order valence-electron chi connectivity index (χ0n) is 12.5. The van der Waals surface area contributed by atoms with Crippen molar-refractivity contribution in [1.82, 2.24) is 15.1 Å². The highest BCUT2D eigenvalue weighted by molar-refractivity contribution is 6.31. The Morgan fingerprint density at radius 1 is 1.38 bits per heavy atom. The van der Waals surface area contributed by atoms with Crippen LogP contribution < -0.4 is 5.32 Å². The summed E-state index contributed by atoms with van der Waals surface area (Å²) in [6, 6.07) is 12.3. The molecular formula is C16H19ClN4. The summed E-state index contributed by atoms with van der Waals surface area (Å²) in [5.41, 5.74) is 0.851. The van der Waals surface area contributed by atoms with E-state index in [0.29, 0.717) is 11.6 Å². The molecule has 1 heterocycles. The van der Waals surface area contributed by atoms with E-state index < -0.39 is 5.54 Å². The minimum Gasteiger partial charge on any atom is -0.292 e. The van der Waals surface area contributed by atoms with Crippen LogP contribution in [0.4, 0.5) is 0 Å². The average Bonchev–Trinajstić information content (AvgIpc) is 2.76. The zero-order chi connectivity index (χ0) is 15.5. The first-order valence-electron chi connectivity index (χ1n) is 6.91. The molecule has 1 N–H and O–H groups in total. The highest BCUT2D eigenvalue weighted by Crippen LogP contribution is 2.24. The molecule has 4 nitrogen and oxygen atoms in total. The summed E-state index contributed by atoms with van der Waals surface area (Å²) in [4.78, 5) is 0. The van der Waals surface area contributed by atoms with Crippen molar-refractivity contribution in [2.75, 3.05) is 0 Å². The lowest BCUT2D eigenvalue weighted by Gasteiger charge is -2.30. The number of rotatable bonds is 5. The highest BCUT2D eigenvalue weighted by Gasteiger charge is 2.33. The Labute approximate surface area is 130 Å². The second kappa shape index (κ2) is 6.30. The number of benzene rings is 1. The Hall–Kier alpha value is -1.83. The summed E-state index contributed by atoms with van der Waals surface area (Å²) in [7, 11) is 0. The average molecular weight is 303 g/mol. The maximum Gasteiger partial charge on any atom is 0.152 e. The van der Waals surface area contributed by atoms with Crippen molar-refractivity contribution < 1.29 is 0 Å². The number of nitrogens with one attached hydrogen (secondary N) is 1. The minimum absolute atomic E-state index is 0.164. The molecule has 0 aliphatic heterocycles. The lowest BCUT2D eigenvalue weighted by Crippen LogP contribution is -2.48. The molecular weight excluding hydrogens is 284 g/mol. The molecule has 1 aromatic carbocycles. The van der Waals surface area contributed by atoms with E-state index in [4.69, 9.17) is 11.6 Å². The lowest BCUT2D eigenvalue weighted by atomic mass is 9.90. The van der Waals surface area contributed by atoms with Crippen molar-refractivity contribution >= 4 is 11.6 Å². The van der Waals surface area contributed by atoms with E-state index in [1.54, 1.807) is 10.9 Å². The van der Waals surface area contributed by atoms with Crippen LogP contribution in [0.1, 0.15) is 25.1 Å². The Kier molecular flexibility index (Phi) is 4.66. The van der Waals surface area contributed by atoms with Crippen LogP contribution in [0.25, 0.3) is 0 Å².